The number of nitrogens with one attached hydrogen (secondary N) is 1. The highest BCUT2D eigenvalue weighted by atomic mass is 16.5. The van der Waals surface area contributed by atoms with E-state index in [1.54, 1.807) is 25.4 Å². The standard InChI is InChI=1S/C9H10N4O2/c1-10-7-2-4-11-8(12-7)6-14-9-3-5-15-13-9/h2-5H,6H2,1H3,(H,10,11,12). The van der Waals surface area contributed by atoms with Crippen molar-refractivity contribution in [2.24, 2.45) is 0 Å². The van der Waals surface area contributed by atoms with Crippen LogP contribution in [0.4, 0.5) is 5.82 Å². The molecule has 0 saturated carbocycles. The first-order valence-corrected chi connectivity index (χ1v) is 4.41. The van der Waals surface area contributed by atoms with E-state index in [0.29, 0.717) is 11.7 Å². The summed E-state index contributed by atoms with van der Waals surface area (Å²) in [5.41, 5.74) is 0. The first-order valence-electron chi connectivity index (χ1n) is 4.41. The maximum Gasteiger partial charge on any atom is 0.254 e. The molecule has 0 aliphatic carbocycles. The minimum absolute atomic E-state index is 0.266. The Morgan fingerprint density at radius 2 is 2.40 bits per heavy atom. The summed E-state index contributed by atoms with van der Waals surface area (Å²) in [5.74, 6) is 1.77. The van der Waals surface area contributed by atoms with Gasteiger partial charge >= 0.3 is 0 Å². The average Bonchev–Trinajstić information content (AvgIpc) is 2.79. The molecule has 0 saturated heterocycles. The maximum absolute atomic E-state index is 5.27. The molecule has 0 atom stereocenters. The van der Waals surface area contributed by atoms with Crippen LogP contribution in [0.2, 0.25) is 0 Å². The van der Waals surface area contributed by atoms with Crippen LogP contribution in [0.3, 0.4) is 0 Å². The normalized spacial score (nSPS) is 9.93. The van der Waals surface area contributed by atoms with Gasteiger partial charge in [0, 0.05) is 19.3 Å². The van der Waals surface area contributed by atoms with Crippen LogP contribution >= 0.6 is 0 Å². The lowest BCUT2D eigenvalue weighted by molar-refractivity contribution is 0.262. The van der Waals surface area contributed by atoms with Crippen molar-refractivity contribution in [3.63, 3.8) is 0 Å². The van der Waals surface area contributed by atoms with Crippen LogP contribution in [0.1, 0.15) is 5.82 Å². The molecule has 2 rings (SSSR count). The van der Waals surface area contributed by atoms with E-state index in [0.717, 1.165) is 5.82 Å². The molecule has 0 bridgehead atoms. The van der Waals surface area contributed by atoms with E-state index < -0.39 is 0 Å². The molecule has 0 aromatic carbocycles. The molecule has 78 valence electrons. The smallest absolute Gasteiger partial charge is 0.254 e. The molecule has 1 N–H and O–H groups in total. The zero-order chi connectivity index (χ0) is 10.5. The summed E-state index contributed by atoms with van der Waals surface area (Å²) in [6.45, 7) is 0.266. The molecule has 0 fully saturated rings. The van der Waals surface area contributed by atoms with Crippen LogP contribution in [0.15, 0.2) is 29.1 Å². The summed E-state index contributed by atoms with van der Waals surface area (Å²) >= 11 is 0. The number of nitrogens with zero attached hydrogens (tertiary/aromatic N) is 3. The highest BCUT2D eigenvalue weighted by molar-refractivity contribution is 5.31. The minimum atomic E-state index is 0.266. The average molecular weight is 206 g/mol. The molecule has 15 heavy (non-hydrogen) atoms. The van der Waals surface area contributed by atoms with Gasteiger partial charge in [-0.1, -0.05) is 0 Å². The van der Waals surface area contributed by atoms with Gasteiger partial charge in [0.2, 0.25) is 0 Å². The fourth-order valence-electron chi connectivity index (χ4n) is 1.02. The zero-order valence-electron chi connectivity index (χ0n) is 8.17. The van der Waals surface area contributed by atoms with Crippen LogP contribution in [-0.4, -0.2) is 22.2 Å². The quantitative estimate of drug-likeness (QED) is 0.807. The molecule has 2 heterocycles. The fraction of sp³-hybridized carbons (Fsp3) is 0.222. The number of hydrogen-bond donors (Lipinski definition) is 1. The molecule has 0 aliphatic heterocycles. The molecule has 2 aromatic heterocycles. The second-order valence-electron chi connectivity index (χ2n) is 2.73. The predicted octanol–water partition coefficient (Wildman–Crippen LogP) is 1.09. The molecular formula is C9H10N4O2. The Hall–Kier alpha value is -2.11. The van der Waals surface area contributed by atoms with E-state index >= 15 is 0 Å². The Labute approximate surface area is 86.3 Å². The van der Waals surface area contributed by atoms with Crippen molar-refractivity contribution >= 4 is 5.82 Å². The monoisotopic (exact) mass is 206 g/mol. The number of anilines is 1. The maximum atomic E-state index is 5.27. The van der Waals surface area contributed by atoms with Crippen molar-refractivity contribution in [2.45, 2.75) is 6.61 Å². The molecular weight excluding hydrogens is 196 g/mol. The van der Waals surface area contributed by atoms with Gasteiger partial charge in [-0.05, 0) is 11.2 Å². The van der Waals surface area contributed by atoms with Gasteiger partial charge in [0.25, 0.3) is 5.88 Å². The molecule has 0 spiro atoms. The first-order chi connectivity index (χ1) is 7.38. The third-order valence-electron chi connectivity index (χ3n) is 1.72. The third-order valence-corrected chi connectivity index (χ3v) is 1.72. The van der Waals surface area contributed by atoms with Crippen molar-refractivity contribution in [2.75, 3.05) is 12.4 Å². The summed E-state index contributed by atoms with van der Waals surface area (Å²) in [6.07, 6.45) is 3.11. The molecule has 0 amide bonds. The van der Waals surface area contributed by atoms with Gasteiger partial charge < -0.3 is 14.6 Å². The van der Waals surface area contributed by atoms with Gasteiger partial charge in [-0.25, -0.2) is 9.97 Å². The van der Waals surface area contributed by atoms with E-state index in [4.69, 9.17) is 4.74 Å². The molecule has 0 radical (unpaired) electrons. The van der Waals surface area contributed by atoms with Crippen molar-refractivity contribution < 1.29 is 9.26 Å². The Kier molecular flexibility index (Phi) is 2.77. The number of hydrogen-bond acceptors (Lipinski definition) is 6. The van der Waals surface area contributed by atoms with E-state index in [-0.39, 0.29) is 6.61 Å². The zero-order valence-corrected chi connectivity index (χ0v) is 8.17. The van der Waals surface area contributed by atoms with Crippen molar-refractivity contribution in [1.29, 1.82) is 0 Å². The minimum Gasteiger partial charge on any atom is -0.467 e. The summed E-state index contributed by atoms with van der Waals surface area (Å²) in [5, 5.41) is 6.53. The number of rotatable bonds is 4. The predicted molar refractivity (Wildman–Crippen MR) is 52.4 cm³/mol. The lowest BCUT2D eigenvalue weighted by Crippen LogP contribution is -2.03. The summed E-state index contributed by atoms with van der Waals surface area (Å²) in [7, 11) is 1.80. The van der Waals surface area contributed by atoms with E-state index in [1.165, 1.54) is 6.26 Å². The van der Waals surface area contributed by atoms with Gasteiger partial charge in [0.1, 0.15) is 18.7 Å². The van der Waals surface area contributed by atoms with Crippen LogP contribution < -0.4 is 10.1 Å². The number of ether oxygens (including phenoxy) is 1. The Bertz CT molecular complexity index is 416. The number of aromatic nitrogens is 3. The van der Waals surface area contributed by atoms with Crippen LogP contribution in [0, 0.1) is 0 Å². The Morgan fingerprint density at radius 3 is 3.13 bits per heavy atom. The van der Waals surface area contributed by atoms with Gasteiger partial charge in [-0.2, -0.15) is 0 Å². The van der Waals surface area contributed by atoms with Crippen LogP contribution in [0.5, 0.6) is 5.88 Å². The lowest BCUT2D eigenvalue weighted by atomic mass is 10.5. The highest BCUT2D eigenvalue weighted by Gasteiger charge is 2.01. The Morgan fingerprint density at radius 1 is 1.47 bits per heavy atom. The van der Waals surface area contributed by atoms with E-state index in [1.807, 2.05) is 0 Å². The molecule has 6 heteroatoms. The van der Waals surface area contributed by atoms with Crippen molar-refractivity contribution in [1.82, 2.24) is 15.1 Å². The lowest BCUT2D eigenvalue weighted by Gasteiger charge is -2.02. The molecule has 0 aliphatic rings. The summed E-state index contributed by atoms with van der Waals surface area (Å²) in [6, 6.07) is 3.40. The topological polar surface area (TPSA) is 73.1 Å². The Balaban J connectivity index is 1.98. The van der Waals surface area contributed by atoms with Gasteiger partial charge in [0.15, 0.2) is 5.82 Å². The van der Waals surface area contributed by atoms with Crippen molar-refractivity contribution in [3.05, 3.63) is 30.4 Å². The van der Waals surface area contributed by atoms with Gasteiger partial charge in [-0.3, -0.25) is 0 Å². The van der Waals surface area contributed by atoms with Crippen molar-refractivity contribution in [3.8, 4) is 5.88 Å². The van der Waals surface area contributed by atoms with Crippen LogP contribution in [-0.2, 0) is 6.61 Å². The van der Waals surface area contributed by atoms with Crippen LogP contribution in [0.25, 0.3) is 0 Å². The first kappa shape index (κ1) is 9.45. The second-order valence-corrected chi connectivity index (χ2v) is 2.73. The third kappa shape index (κ3) is 2.43. The fourth-order valence-corrected chi connectivity index (χ4v) is 1.02. The second kappa shape index (κ2) is 4.41. The SMILES string of the molecule is CNc1ccnc(COc2ccon2)n1. The van der Waals surface area contributed by atoms with Gasteiger partial charge in [-0.15, -0.1) is 0 Å². The van der Waals surface area contributed by atoms with E-state index in [9.17, 15) is 0 Å². The largest absolute Gasteiger partial charge is 0.467 e. The van der Waals surface area contributed by atoms with Gasteiger partial charge in [0.05, 0.1) is 0 Å². The summed E-state index contributed by atoms with van der Waals surface area (Å²) < 4.78 is 9.89. The summed E-state index contributed by atoms with van der Waals surface area (Å²) in [4.78, 5) is 8.24. The molecule has 0 unspecified atom stereocenters. The highest BCUT2D eigenvalue weighted by Crippen LogP contribution is 2.07. The van der Waals surface area contributed by atoms with E-state index in [2.05, 4.69) is 25.0 Å². The molecule has 6 nitrogen and oxygen atoms in total. The molecule has 2 aromatic rings.